The highest BCUT2D eigenvalue weighted by atomic mass is 35.5. The molecule has 0 aromatic heterocycles. The second-order valence-electron chi connectivity index (χ2n) is 7.89. The van der Waals surface area contributed by atoms with Crippen molar-refractivity contribution in [3.8, 4) is 0 Å². The van der Waals surface area contributed by atoms with Crippen LogP contribution in [-0.4, -0.2) is 28.7 Å². The van der Waals surface area contributed by atoms with Crippen LogP contribution in [0.25, 0.3) is 0 Å². The van der Waals surface area contributed by atoms with Crippen LogP contribution >= 0.6 is 58.0 Å². The summed E-state index contributed by atoms with van der Waals surface area (Å²) in [6.07, 6.45) is -0.280. The average Bonchev–Trinajstić information content (AvgIpc) is 3.55. The Hall–Kier alpha value is -1.35. The van der Waals surface area contributed by atoms with Crippen LogP contribution in [0.1, 0.15) is 28.3 Å². The molecule has 2 aliphatic rings. The predicted octanol–water partition coefficient (Wildman–Crippen LogP) is 6.49. The molecule has 5 nitrogen and oxygen atoms in total. The van der Waals surface area contributed by atoms with Crippen LogP contribution in [0.4, 0.5) is 14.5 Å². The number of carbonyl (C=O) groups is 2. The summed E-state index contributed by atoms with van der Waals surface area (Å²) < 4.78 is 24.4. The zero-order chi connectivity index (χ0) is 24.1. The molecule has 2 aliphatic carbocycles. The smallest absolute Gasteiger partial charge is 0.276 e. The summed E-state index contributed by atoms with van der Waals surface area (Å²) in [4.78, 5) is 30.0. The topological polar surface area (TPSA) is 67.4 Å². The lowest BCUT2D eigenvalue weighted by Crippen LogP contribution is -2.26. The third-order valence-corrected chi connectivity index (χ3v) is 7.53. The van der Waals surface area contributed by atoms with Gasteiger partial charge in [0.1, 0.15) is 4.33 Å². The largest absolute Gasteiger partial charge is 0.326 e. The molecule has 12 heteroatoms. The number of amides is 2. The van der Waals surface area contributed by atoms with Crippen LogP contribution in [0, 0.1) is 11.8 Å². The number of alkyl halides is 4. The third kappa shape index (κ3) is 5.19. The number of hydrogen-bond acceptors (Lipinski definition) is 3. The normalized spacial score (nSPS) is 24.2. The van der Waals surface area contributed by atoms with Crippen LogP contribution in [0.3, 0.4) is 0 Å². The molecule has 2 fully saturated rings. The molecule has 2 aromatic rings. The summed E-state index contributed by atoms with van der Waals surface area (Å²) in [7, 11) is 0. The molecule has 0 saturated heterocycles. The molecule has 0 aliphatic heterocycles. The van der Waals surface area contributed by atoms with Gasteiger partial charge in [-0.05, 0) is 35.9 Å². The predicted molar refractivity (Wildman–Crippen MR) is 124 cm³/mol. The van der Waals surface area contributed by atoms with E-state index in [4.69, 9.17) is 62.8 Å². The van der Waals surface area contributed by atoms with E-state index in [-0.39, 0.29) is 29.3 Å². The van der Waals surface area contributed by atoms with Crippen LogP contribution in [0.5, 0.6) is 0 Å². The van der Waals surface area contributed by atoms with E-state index in [0.29, 0.717) is 15.6 Å². The molecule has 2 amide bonds. The Balaban J connectivity index is 1.41. The molecule has 2 aromatic carbocycles. The lowest BCUT2D eigenvalue weighted by atomic mass is 10.1. The molecule has 0 radical (unpaired) electrons. The number of hydrogen-bond donors (Lipinski definition) is 2. The maximum absolute atomic E-state index is 12.9. The van der Waals surface area contributed by atoms with E-state index in [1.807, 2.05) is 0 Å². The maximum Gasteiger partial charge on any atom is 0.276 e. The van der Waals surface area contributed by atoms with Crippen molar-refractivity contribution in [1.29, 1.82) is 0 Å². The molecular weight excluding hydrogens is 544 g/mol. The average molecular weight is 559 g/mol. The minimum Gasteiger partial charge on any atom is -0.326 e. The van der Waals surface area contributed by atoms with Crippen LogP contribution in [0.15, 0.2) is 36.4 Å². The SMILES string of the molecule is O=C(NOCC1CC1(F)F)c1cc(NC(=O)C2C(c3ccc(Cl)c(Cl)c3)C2(Cl)Cl)ccc1Cl. The Morgan fingerprint density at radius 1 is 1.03 bits per heavy atom. The molecule has 2 N–H and O–H groups in total. The summed E-state index contributed by atoms with van der Waals surface area (Å²) in [5.74, 6) is -6.20. The van der Waals surface area contributed by atoms with Crippen LogP contribution in [-0.2, 0) is 9.63 Å². The quantitative estimate of drug-likeness (QED) is 0.302. The zero-order valence-electron chi connectivity index (χ0n) is 16.5. The van der Waals surface area contributed by atoms with Gasteiger partial charge in [-0.3, -0.25) is 14.4 Å². The van der Waals surface area contributed by atoms with Crippen molar-refractivity contribution in [2.75, 3.05) is 11.9 Å². The number of carbonyl (C=O) groups excluding carboxylic acids is 2. The number of benzene rings is 2. The second-order valence-corrected chi connectivity index (χ2v) is 10.6. The second kappa shape index (κ2) is 9.02. The minimum atomic E-state index is -2.76. The van der Waals surface area contributed by atoms with Gasteiger partial charge in [-0.2, -0.15) is 0 Å². The van der Waals surface area contributed by atoms with Crippen molar-refractivity contribution in [3.05, 3.63) is 62.6 Å². The summed E-state index contributed by atoms with van der Waals surface area (Å²) in [6.45, 7) is -0.321. The van der Waals surface area contributed by atoms with Gasteiger partial charge in [0.2, 0.25) is 5.91 Å². The van der Waals surface area contributed by atoms with Gasteiger partial charge >= 0.3 is 0 Å². The van der Waals surface area contributed by atoms with Gasteiger partial charge in [0.25, 0.3) is 11.8 Å². The van der Waals surface area contributed by atoms with Gasteiger partial charge < -0.3 is 5.32 Å². The molecule has 33 heavy (non-hydrogen) atoms. The summed E-state index contributed by atoms with van der Waals surface area (Å²) >= 11 is 30.7. The van der Waals surface area contributed by atoms with E-state index in [9.17, 15) is 18.4 Å². The number of rotatable bonds is 7. The van der Waals surface area contributed by atoms with Gasteiger partial charge in [-0.25, -0.2) is 14.3 Å². The Morgan fingerprint density at radius 3 is 2.33 bits per heavy atom. The van der Waals surface area contributed by atoms with Crippen molar-refractivity contribution >= 4 is 75.5 Å². The molecular formula is C21H15Cl5F2N2O3. The fraction of sp³-hybridized carbons (Fsp3) is 0.333. The van der Waals surface area contributed by atoms with Gasteiger partial charge in [-0.15, -0.1) is 23.2 Å². The number of nitrogens with one attached hydrogen (secondary N) is 2. The molecule has 3 unspecified atom stereocenters. The van der Waals surface area contributed by atoms with E-state index < -0.39 is 39.8 Å². The van der Waals surface area contributed by atoms with Crippen molar-refractivity contribution in [2.24, 2.45) is 11.8 Å². The van der Waals surface area contributed by atoms with Crippen molar-refractivity contribution in [1.82, 2.24) is 5.48 Å². The summed E-state index contributed by atoms with van der Waals surface area (Å²) in [5.41, 5.74) is 2.98. The zero-order valence-corrected chi connectivity index (χ0v) is 20.3. The Morgan fingerprint density at radius 2 is 1.70 bits per heavy atom. The van der Waals surface area contributed by atoms with E-state index in [1.54, 1.807) is 18.2 Å². The van der Waals surface area contributed by atoms with Gasteiger partial charge in [0.05, 0.1) is 39.1 Å². The van der Waals surface area contributed by atoms with Crippen molar-refractivity contribution in [3.63, 3.8) is 0 Å². The first-order valence-electron chi connectivity index (χ1n) is 9.65. The lowest BCUT2D eigenvalue weighted by molar-refractivity contribution is -0.117. The number of anilines is 1. The highest BCUT2D eigenvalue weighted by molar-refractivity contribution is 6.53. The Bertz CT molecular complexity index is 1130. The van der Waals surface area contributed by atoms with Crippen molar-refractivity contribution < 1.29 is 23.2 Å². The number of hydroxylamine groups is 1. The number of halogens is 7. The molecule has 0 spiro atoms. The molecule has 2 saturated carbocycles. The maximum atomic E-state index is 12.9. The summed E-state index contributed by atoms with van der Waals surface area (Å²) in [6, 6.07) is 9.10. The lowest BCUT2D eigenvalue weighted by Gasteiger charge is -2.10. The van der Waals surface area contributed by atoms with Crippen molar-refractivity contribution in [2.45, 2.75) is 22.6 Å². The molecule has 4 rings (SSSR count). The van der Waals surface area contributed by atoms with E-state index >= 15 is 0 Å². The molecule has 0 bridgehead atoms. The first-order chi connectivity index (χ1) is 15.4. The van der Waals surface area contributed by atoms with E-state index in [0.717, 1.165) is 0 Å². The molecule has 3 atom stereocenters. The van der Waals surface area contributed by atoms with Crippen LogP contribution in [0.2, 0.25) is 15.1 Å². The van der Waals surface area contributed by atoms with E-state index in [2.05, 4.69) is 10.8 Å². The highest BCUT2D eigenvalue weighted by Crippen LogP contribution is 2.65. The van der Waals surface area contributed by atoms with Gasteiger partial charge in [0.15, 0.2) is 0 Å². The first kappa shape index (κ1) is 24.8. The Kier molecular flexibility index (Phi) is 6.77. The van der Waals surface area contributed by atoms with Crippen LogP contribution < -0.4 is 10.8 Å². The third-order valence-electron chi connectivity index (χ3n) is 5.52. The summed E-state index contributed by atoms with van der Waals surface area (Å²) in [5, 5.41) is 3.41. The van der Waals surface area contributed by atoms with Gasteiger partial charge in [0, 0.05) is 18.0 Å². The monoisotopic (exact) mass is 556 g/mol. The fourth-order valence-corrected chi connectivity index (χ4v) is 4.82. The standard InChI is InChI=1S/C21H15Cl5F2N2O3/c22-13-4-2-11(6-12(13)18(31)30-33-8-10-7-20(10,27)28)29-19(32)17-16(21(17,25)26)9-1-3-14(23)15(24)5-9/h1-6,10,16-17H,7-8H2,(H,29,32)(H,30,31). The fourth-order valence-electron chi connectivity index (χ4n) is 3.48. The molecule has 176 valence electrons. The minimum absolute atomic E-state index is 0.0168. The highest BCUT2D eigenvalue weighted by Gasteiger charge is 2.67. The van der Waals surface area contributed by atoms with Gasteiger partial charge in [-0.1, -0.05) is 40.9 Å². The first-order valence-corrected chi connectivity index (χ1v) is 11.5. The molecule has 0 heterocycles. The Labute approximate surface area is 212 Å². The van der Waals surface area contributed by atoms with E-state index in [1.165, 1.54) is 18.2 Å².